The standard InChI is InChI=1S/C25H55BrNP/c1-5-8-11-14-17-20-23-28(26,27-4,24-21-18-15-12-9-6-2)25-22-19-16-13-10-7-3/h27H,5-25H2,1-4H3. The zero-order valence-electron chi connectivity index (χ0n) is 20.2. The number of nitrogens with one attached hydrogen (secondary N) is 1. The maximum absolute atomic E-state index is 4.46. The summed E-state index contributed by atoms with van der Waals surface area (Å²) in [6.07, 6.45) is 29.7. The molecule has 0 bridgehead atoms. The molecule has 28 heavy (non-hydrogen) atoms. The van der Waals surface area contributed by atoms with Gasteiger partial charge in [0, 0.05) is 0 Å². The van der Waals surface area contributed by atoms with E-state index < -0.39 is 5.46 Å². The molecule has 0 rings (SSSR count). The van der Waals surface area contributed by atoms with Crippen LogP contribution in [-0.2, 0) is 0 Å². The van der Waals surface area contributed by atoms with Crippen molar-refractivity contribution in [3.8, 4) is 0 Å². The van der Waals surface area contributed by atoms with Gasteiger partial charge in [-0.25, -0.2) is 0 Å². The molecule has 1 N–H and O–H groups in total. The molecular weight excluding hydrogens is 425 g/mol. The van der Waals surface area contributed by atoms with Gasteiger partial charge >= 0.3 is 188 Å². The van der Waals surface area contributed by atoms with Gasteiger partial charge in [0.05, 0.1) is 0 Å². The summed E-state index contributed by atoms with van der Waals surface area (Å²) in [5.74, 6) is 0. The number of hydrogen-bond acceptors (Lipinski definition) is 1. The van der Waals surface area contributed by atoms with E-state index in [1.165, 1.54) is 134 Å². The molecule has 0 saturated carbocycles. The van der Waals surface area contributed by atoms with E-state index in [0.29, 0.717) is 0 Å². The van der Waals surface area contributed by atoms with E-state index in [9.17, 15) is 0 Å². The van der Waals surface area contributed by atoms with Gasteiger partial charge in [0.15, 0.2) is 0 Å². The minimum atomic E-state index is -1.90. The molecule has 0 saturated heterocycles. The summed E-state index contributed by atoms with van der Waals surface area (Å²) in [4.78, 5) is 0. The van der Waals surface area contributed by atoms with Crippen molar-refractivity contribution in [2.45, 2.75) is 136 Å². The molecule has 0 spiro atoms. The Balaban J connectivity index is 4.51. The molecule has 0 radical (unpaired) electrons. The average molecular weight is 481 g/mol. The van der Waals surface area contributed by atoms with Gasteiger partial charge in [0.1, 0.15) is 0 Å². The molecule has 0 heterocycles. The van der Waals surface area contributed by atoms with Crippen LogP contribution >= 0.6 is 20.9 Å². The Bertz CT molecular complexity index is 291. The van der Waals surface area contributed by atoms with Gasteiger partial charge < -0.3 is 0 Å². The Hall–Kier alpha value is 0.870. The van der Waals surface area contributed by atoms with Gasteiger partial charge in [-0.3, -0.25) is 0 Å². The fourth-order valence-electron chi connectivity index (χ4n) is 4.43. The van der Waals surface area contributed by atoms with E-state index in [4.69, 9.17) is 0 Å². The van der Waals surface area contributed by atoms with Crippen molar-refractivity contribution in [2.75, 3.05) is 25.5 Å². The van der Waals surface area contributed by atoms with Crippen molar-refractivity contribution >= 4 is 20.9 Å². The number of unbranched alkanes of at least 4 members (excludes halogenated alkanes) is 15. The van der Waals surface area contributed by atoms with E-state index in [2.05, 4.69) is 48.4 Å². The van der Waals surface area contributed by atoms with Crippen LogP contribution in [0.1, 0.15) is 136 Å². The Morgan fingerprint density at radius 3 is 0.964 bits per heavy atom. The molecule has 1 nitrogen and oxygen atoms in total. The van der Waals surface area contributed by atoms with Crippen LogP contribution in [0, 0.1) is 0 Å². The fraction of sp³-hybridized carbons (Fsp3) is 1.00. The summed E-state index contributed by atoms with van der Waals surface area (Å²) in [5.41, 5.74) is -1.90. The van der Waals surface area contributed by atoms with Crippen LogP contribution in [0.5, 0.6) is 0 Å². The van der Waals surface area contributed by atoms with Crippen molar-refractivity contribution in [3.05, 3.63) is 0 Å². The Morgan fingerprint density at radius 2 is 0.714 bits per heavy atom. The zero-order chi connectivity index (χ0) is 21.0. The van der Waals surface area contributed by atoms with Crippen LogP contribution in [0.25, 0.3) is 0 Å². The monoisotopic (exact) mass is 479 g/mol. The molecule has 0 aliphatic carbocycles. The molecule has 0 amide bonds. The summed E-state index contributed by atoms with van der Waals surface area (Å²) >= 11 is 4.46. The van der Waals surface area contributed by atoms with Crippen molar-refractivity contribution in [3.63, 3.8) is 0 Å². The van der Waals surface area contributed by atoms with Crippen molar-refractivity contribution in [2.24, 2.45) is 0 Å². The predicted octanol–water partition coefficient (Wildman–Crippen LogP) is 10.1. The second kappa shape index (κ2) is 18.6. The molecule has 172 valence electrons. The Morgan fingerprint density at radius 1 is 0.464 bits per heavy atom. The maximum atomic E-state index is 4.46. The Labute approximate surface area is 187 Å². The molecule has 0 fully saturated rings. The molecule has 3 heteroatoms. The quantitative estimate of drug-likeness (QED) is 0.120. The first kappa shape index (κ1) is 28.9. The first-order valence-corrected chi connectivity index (χ1v) is 17.8. The third-order valence-electron chi connectivity index (χ3n) is 6.63. The van der Waals surface area contributed by atoms with Gasteiger partial charge in [-0.05, 0) is 0 Å². The minimum absolute atomic E-state index is 1.35. The number of halogens is 1. The molecule has 0 unspecified atom stereocenters. The van der Waals surface area contributed by atoms with Crippen LogP contribution < -0.4 is 5.09 Å². The van der Waals surface area contributed by atoms with Crippen LogP contribution in [0.3, 0.4) is 0 Å². The fourth-order valence-corrected chi connectivity index (χ4v) is 10.9. The molecule has 0 aliphatic heterocycles. The molecule has 0 aromatic heterocycles. The zero-order valence-corrected chi connectivity index (χ0v) is 22.7. The molecule has 0 atom stereocenters. The normalized spacial score (nSPS) is 13.5. The number of rotatable bonds is 22. The van der Waals surface area contributed by atoms with Crippen LogP contribution in [0.2, 0.25) is 0 Å². The third kappa shape index (κ3) is 14.8. The van der Waals surface area contributed by atoms with Gasteiger partial charge in [-0.15, -0.1) is 0 Å². The Kier molecular flexibility index (Phi) is 19.2. The summed E-state index contributed by atoms with van der Waals surface area (Å²) in [5, 5.41) is 3.95. The summed E-state index contributed by atoms with van der Waals surface area (Å²) in [7, 11) is 2.26. The SMILES string of the molecule is CCCCCCCCP(Br)(CCCCCCCC)(CCCCCCCC)NC. The predicted molar refractivity (Wildman–Crippen MR) is 140 cm³/mol. The molecule has 0 aliphatic rings. The molecule has 0 aromatic rings. The first-order valence-electron chi connectivity index (χ1n) is 13.0. The second-order valence-electron chi connectivity index (χ2n) is 9.29. The van der Waals surface area contributed by atoms with Crippen molar-refractivity contribution in [1.29, 1.82) is 0 Å². The average Bonchev–Trinajstić information content (AvgIpc) is 2.70. The van der Waals surface area contributed by atoms with Gasteiger partial charge in [0.25, 0.3) is 0 Å². The van der Waals surface area contributed by atoms with E-state index >= 15 is 0 Å². The summed E-state index contributed by atoms with van der Waals surface area (Å²) in [6.45, 7) is 6.94. The van der Waals surface area contributed by atoms with Crippen LogP contribution in [-0.4, -0.2) is 25.5 Å². The van der Waals surface area contributed by atoms with E-state index in [0.717, 1.165) is 0 Å². The topological polar surface area (TPSA) is 12.0 Å². The van der Waals surface area contributed by atoms with Crippen molar-refractivity contribution < 1.29 is 0 Å². The summed E-state index contributed by atoms with van der Waals surface area (Å²) < 4.78 is 0. The molecular formula is C25H55BrNP. The van der Waals surface area contributed by atoms with Gasteiger partial charge in [-0.1, -0.05) is 0 Å². The number of hydrogen-bond donors (Lipinski definition) is 1. The summed E-state index contributed by atoms with van der Waals surface area (Å²) in [6, 6.07) is 0. The van der Waals surface area contributed by atoms with Crippen LogP contribution in [0.4, 0.5) is 0 Å². The third-order valence-corrected chi connectivity index (χ3v) is 16.0. The van der Waals surface area contributed by atoms with Gasteiger partial charge in [-0.2, -0.15) is 0 Å². The van der Waals surface area contributed by atoms with E-state index in [1.807, 2.05) is 0 Å². The van der Waals surface area contributed by atoms with E-state index in [-0.39, 0.29) is 0 Å². The second-order valence-corrected chi connectivity index (χ2v) is 19.8. The first-order chi connectivity index (χ1) is 13.5. The van der Waals surface area contributed by atoms with Gasteiger partial charge in [0.2, 0.25) is 0 Å². The van der Waals surface area contributed by atoms with E-state index in [1.54, 1.807) is 0 Å². The molecule has 0 aromatic carbocycles. The van der Waals surface area contributed by atoms with Crippen molar-refractivity contribution in [1.82, 2.24) is 5.09 Å². The van der Waals surface area contributed by atoms with Crippen LogP contribution in [0.15, 0.2) is 0 Å².